The number of nitrogens with zero attached hydrogens (tertiary/aromatic N) is 4. The normalized spacial score (nSPS) is 21.4. The van der Waals surface area contributed by atoms with Crippen molar-refractivity contribution >= 4 is 11.7 Å². The topological polar surface area (TPSA) is 102 Å². The lowest BCUT2D eigenvalue weighted by Crippen LogP contribution is -2.47. The Kier molecular flexibility index (Phi) is 13.1. The summed E-state index contributed by atoms with van der Waals surface area (Å²) in [6.45, 7) is 16.6. The minimum atomic E-state index is 0.199. The lowest BCUT2D eigenvalue weighted by molar-refractivity contribution is 0.0595. The largest absolute Gasteiger partial charge is 0.494 e. The number of amidine groups is 2. The Labute approximate surface area is 228 Å². The van der Waals surface area contributed by atoms with E-state index in [1.165, 1.54) is 0 Å². The zero-order chi connectivity index (χ0) is 27.0. The van der Waals surface area contributed by atoms with Crippen molar-refractivity contribution in [2.75, 3.05) is 65.6 Å². The van der Waals surface area contributed by atoms with Crippen molar-refractivity contribution in [3.05, 3.63) is 67.3 Å². The first-order chi connectivity index (χ1) is 18.6. The molecule has 1 aromatic carbocycles. The lowest BCUT2D eigenvalue weighted by Gasteiger charge is -2.34. The molecule has 1 aliphatic heterocycles. The summed E-state index contributed by atoms with van der Waals surface area (Å²) in [5.41, 5.74) is 12.9. The number of piperazine rings is 1. The van der Waals surface area contributed by atoms with Gasteiger partial charge in [-0.1, -0.05) is 24.3 Å². The Morgan fingerprint density at radius 1 is 0.868 bits per heavy atom. The van der Waals surface area contributed by atoms with Crippen molar-refractivity contribution in [2.45, 2.75) is 31.8 Å². The molecule has 0 amide bonds. The second kappa shape index (κ2) is 16.8. The number of aliphatic imine (C=N–C) groups is 2. The van der Waals surface area contributed by atoms with Crippen LogP contribution in [0.2, 0.25) is 0 Å². The van der Waals surface area contributed by atoms with Gasteiger partial charge in [0.05, 0.1) is 25.8 Å². The molecule has 1 aliphatic carbocycles. The summed E-state index contributed by atoms with van der Waals surface area (Å²) in [7, 11) is 0. The van der Waals surface area contributed by atoms with Gasteiger partial charge in [0, 0.05) is 57.4 Å². The minimum absolute atomic E-state index is 0.199. The van der Waals surface area contributed by atoms with Crippen molar-refractivity contribution < 1.29 is 9.47 Å². The van der Waals surface area contributed by atoms with Crippen LogP contribution in [0.4, 0.5) is 0 Å². The maximum Gasteiger partial charge on any atom is 0.125 e. The van der Waals surface area contributed by atoms with Crippen LogP contribution < -0.4 is 16.2 Å². The van der Waals surface area contributed by atoms with Crippen LogP contribution in [0.1, 0.15) is 31.2 Å². The summed E-state index contributed by atoms with van der Waals surface area (Å²) in [6.07, 6.45) is 12.1. The van der Waals surface area contributed by atoms with Crippen LogP contribution in [0.25, 0.3) is 0 Å². The summed E-state index contributed by atoms with van der Waals surface area (Å²) in [5.74, 6) is 2.32. The first-order valence-electron chi connectivity index (χ1n) is 13.9. The fraction of sp³-hybridized carbons (Fsp3) is 0.533. The van der Waals surface area contributed by atoms with Gasteiger partial charge in [0.25, 0.3) is 0 Å². The highest BCUT2D eigenvalue weighted by Crippen LogP contribution is 2.20. The first-order valence-corrected chi connectivity index (χ1v) is 13.9. The van der Waals surface area contributed by atoms with Gasteiger partial charge in [0.15, 0.2) is 0 Å². The Morgan fingerprint density at radius 2 is 1.50 bits per heavy atom. The van der Waals surface area contributed by atoms with Gasteiger partial charge in [-0.05, 0) is 49.9 Å². The third-order valence-corrected chi connectivity index (χ3v) is 6.95. The first kappa shape index (κ1) is 29.6. The van der Waals surface area contributed by atoms with Gasteiger partial charge in [-0.3, -0.25) is 9.98 Å². The fourth-order valence-corrected chi connectivity index (χ4v) is 4.68. The molecular weight excluding hydrogens is 476 g/mol. The van der Waals surface area contributed by atoms with Crippen LogP contribution >= 0.6 is 0 Å². The third-order valence-electron chi connectivity index (χ3n) is 6.95. The number of benzene rings is 1. The van der Waals surface area contributed by atoms with Gasteiger partial charge in [0.2, 0.25) is 0 Å². The fourth-order valence-electron chi connectivity index (χ4n) is 4.68. The molecule has 0 bridgehead atoms. The van der Waals surface area contributed by atoms with E-state index in [4.69, 9.17) is 20.9 Å². The Balaban J connectivity index is 1.21. The molecule has 0 saturated carbocycles. The van der Waals surface area contributed by atoms with Gasteiger partial charge in [-0.25, -0.2) is 0 Å². The van der Waals surface area contributed by atoms with Crippen LogP contribution in [0.3, 0.4) is 0 Å². The quantitative estimate of drug-likeness (QED) is 0.150. The maximum atomic E-state index is 6.09. The van der Waals surface area contributed by atoms with Gasteiger partial charge < -0.3 is 30.7 Å². The molecule has 0 aromatic heterocycles. The van der Waals surface area contributed by atoms with Crippen molar-refractivity contribution in [1.29, 1.82) is 0 Å². The van der Waals surface area contributed by atoms with Crippen molar-refractivity contribution in [3.63, 3.8) is 0 Å². The van der Waals surface area contributed by atoms with E-state index < -0.39 is 0 Å². The van der Waals surface area contributed by atoms with E-state index in [2.05, 4.69) is 45.1 Å². The highest BCUT2D eigenvalue weighted by molar-refractivity contribution is 5.97. The van der Waals surface area contributed by atoms with E-state index in [-0.39, 0.29) is 12.0 Å². The van der Waals surface area contributed by atoms with E-state index >= 15 is 0 Å². The smallest absolute Gasteiger partial charge is 0.125 e. The molecule has 1 fully saturated rings. The molecule has 1 aromatic rings. The number of rotatable bonds is 16. The van der Waals surface area contributed by atoms with Gasteiger partial charge in [-0.2, -0.15) is 0 Å². The number of nitrogens with two attached hydrogens (primary N) is 2. The summed E-state index contributed by atoms with van der Waals surface area (Å²) >= 11 is 0. The standard InChI is InChI=1S/C30H46N6O2/c1-3-15-33-29(31)25-7-11-27(12-8-25)37-23-5-17-35-19-21-36(22-20-35)18-6-24-38-28-13-9-26(10-14-28)30(32)34-16-4-2/h3-4,7-9,11-13,26,28H,1-2,5-6,10,14-24H2,(H2,31,33)(H2,32,34). The monoisotopic (exact) mass is 522 g/mol. The van der Waals surface area contributed by atoms with E-state index in [1.54, 1.807) is 12.2 Å². The van der Waals surface area contributed by atoms with Crippen LogP contribution in [0, 0.1) is 5.92 Å². The number of ether oxygens (including phenoxy) is 2. The van der Waals surface area contributed by atoms with Crippen molar-refractivity contribution in [2.24, 2.45) is 27.4 Å². The SMILES string of the molecule is C=CCN=C(N)c1ccc(OCCCN2CCN(CCCOC3C=CC(C(N)=NCC=C)CC3)CC2)cc1. The van der Waals surface area contributed by atoms with Crippen LogP contribution in [0.15, 0.2) is 71.7 Å². The number of hydrogen-bond donors (Lipinski definition) is 2. The van der Waals surface area contributed by atoms with E-state index in [1.807, 2.05) is 24.3 Å². The second-order valence-corrected chi connectivity index (χ2v) is 9.81. The van der Waals surface area contributed by atoms with Crippen LogP contribution in [-0.4, -0.2) is 93.1 Å². The number of hydrogen-bond acceptors (Lipinski definition) is 6. The average Bonchev–Trinajstić information content (AvgIpc) is 2.96. The molecule has 2 atom stereocenters. The molecular formula is C30H46N6O2. The molecule has 38 heavy (non-hydrogen) atoms. The predicted octanol–water partition coefficient (Wildman–Crippen LogP) is 3.25. The predicted molar refractivity (Wildman–Crippen MR) is 158 cm³/mol. The van der Waals surface area contributed by atoms with Crippen LogP contribution in [0.5, 0.6) is 5.75 Å². The Bertz CT molecular complexity index is 935. The second-order valence-electron chi connectivity index (χ2n) is 9.81. The Hall–Kier alpha value is -2.94. The van der Waals surface area contributed by atoms with E-state index in [9.17, 15) is 0 Å². The molecule has 0 radical (unpaired) electrons. The Morgan fingerprint density at radius 3 is 2.11 bits per heavy atom. The summed E-state index contributed by atoms with van der Waals surface area (Å²) in [4.78, 5) is 13.6. The highest BCUT2D eigenvalue weighted by atomic mass is 16.5. The van der Waals surface area contributed by atoms with E-state index in [0.717, 1.165) is 82.9 Å². The average molecular weight is 523 g/mol. The summed E-state index contributed by atoms with van der Waals surface area (Å²) < 4.78 is 12.0. The molecule has 1 heterocycles. The molecule has 1 saturated heterocycles. The maximum absolute atomic E-state index is 6.09. The molecule has 3 rings (SSSR count). The zero-order valence-corrected chi connectivity index (χ0v) is 22.8. The van der Waals surface area contributed by atoms with Gasteiger partial charge in [-0.15, -0.1) is 13.2 Å². The van der Waals surface area contributed by atoms with Crippen LogP contribution in [-0.2, 0) is 4.74 Å². The lowest BCUT2D eigenvalue weighted by atomic mass is 9.93. The molecule has 2 aliphatic rings. The minimum Gasteiger partial charge on any atom is -0.494 e. The summed E-state index contributed by atoms with van der Waals surface area (Å²) in [6, 6.07) is 7.79. The molecule has 8 heteroatoms. The highest BCUT2D eigenvalue weighted by Gasteiger charge is 2.19. The zero-order valence-electron chi connectivity index (χ0n) is 22.8. The molecule has 208 valence electrons. The van der Waals surface area contributed by atoms with Gasteiger partial charge in [0.1, 0.15) is 17.4 Å². The summed E-state index contributed by atoms with van der Waals surface area (Å²) in [5, 5.41) is 0. The van der Waals surface area contributed by atoms with Gasteiger partial charge >= 0.3 is 0 Å². The van der Waals surface area contributed by atoms with Crippen molar-refractivity contribution in [1.82, 2.24) is 9.80 Å². The molecule has 8 nitrogen and oxygen atoms in total. The molecule has 2 unspecified atom stereocenters. The van der Waals surface area contributed by atoms with Crippen molar-refractivity contribution in [3.8, 4) is 5.75 Å². The van der Waals surface area contributed by atoms with E-state index in [0.29, 0.717) is 31.4 Å². The molecule has 4 N–H and O–H groups in total. The third kappa shape index (κ3) is 10.4. The molecule has 0 spiro atoms.